The number of amides is 2. The number of hydrogen-bond acceptors (Lipinski definition) is 4. The SMILES string of the molecule is C/C=C/c1ccc([C@@H]2[C@@H](CN(C)C(=O)CN(C)C)N(C(C)=O)[C@H]2CO)cc1. The van der Waals surface area contributed by atoms with Crippen LogP contribution in [0.25, 0.3) is 6.08 Å². The predicted molar refractivity (Wildman–Crippen MR) is 107 cm³/mol. The molecule has 0 spiro atoms. The van der Waals surface area contributed by atoms with Crippen molar-refractivity contribution in [2.75, 3.05) is 40.8 Å². The normalized spacial score (nSPS) is 22.2. The van der Waals surface area contributed by atoms with Gasteiger partial charge in [0.25, 0.3) is 0 Å². The summed E-state index contributed by atoms with van der Waals surface area (Å²) < 4.78 is 0. The van der Waals surface area contributed by atoms with E-state index in [1.807, 2.05) is 50.2 Å². The number of carbonyl (C=O) groups is 2. The smallest absolute Gasteiger partial charge is 0.236 e. The van der Waals surface area contributed by atoms with Crippen LogP contribution in [0.5, 0.6) is 0 Å². The van der Waals surface area contributed by atoms with E-state index in [0.717, 1.165) is 11.1 Å². The fourth-order valence-electron chi connectivity index (χ4n) is 3.86. The average molecular weight is 373 g/mol. The Kier molecular flexibility index (Phi) is 7.16. The van der Waals surface area contributed by atoms with Gasteiger partial charge >= 0.3 is 0 Å². The van der Waals surface area contributed by atoms with E-state index in [-0.39, 0.29) is 36.4 Å². The summed E-state index contributed by atoms with van der Waals surface area (Å²) in [4.78, 5) is 29.7. The molecular weight excluding hydrogens is 342 g/mol. The first-order chi connectivity index (χ1) is 12.8. The lowest BCUT2D eigenvalue weighted by Gasteiger charge is -2.55. The minimum Gasteiger partial charge on any atom is -0.394 e. The molecule has 0 bridgehead atoms. The number of benzene rings is 1. The molecule has 0 aliphatic carbocycles. The Balaban J connectivity index is 2.23. The zero-order valence-electron chi connectivity index (χ0n) is 16.9. The fraction of sp³-hybridized carbons (Fsp3) is 0.524. The Morgan fingerprint density at radius 1 is 1.15 bits per heavy atom. The monoisotopic (exact) mass is 373 g/mol. The van der Waals surface area contributed by atoms with Gasteiger partial charge in [-0.2, -0.15) is 0 Å². The van der Waals surface area contributed by atoms with E-state index < -0.39 is 0 Å². The van der Waals surface area contributed by atoms with Gasteiger partial charge in [-0.25, -0.2) is 0 Å². The molecular formula is C21H31N3O3. The van der Waals surface area contributed by atoms with Gasteiger partial charge in [0, 0.05) is 26.4 Å². The Morgan fingerprint density at radius 3 is 2.26 bits per heavy atom. The zero-order valence-corrected chi connectivity index (χ0v) is 16.9. The van der Waals surface area contributed by atoms with E-state index >= 15 is 0 Å². The van der Waals surface area contributed by atoms with Gasteiger partial charge < -0.3 is 19.8 Å². The van der Waals surface area contributed by atoms with Crippen LogP contribution in [0.1, 0.15) is 30.9 Å². The molecule has 27 heavy (non-hydrogen) atoms. The molecule has 1 fully saturated rings. The van der Waals surface area contributed by atoms with Crippen molar-refractivity contribution in [3.05, 3.63) is 41.5 Å². The van der Waals surface area contributed by atoms with Crippen molar-refractivity contribution in [2.45, 2.75) is 31.8 Å². The molecule has 1 aliphatic rings. The third kappa shape index (κ3) is 4.76. The summed E-state index contributed by atoms with van der Waals surface area (Å²) in [6, 6.07) is 7.79. The van der Waals surface area contributed by atoms with Gasteiger partial charge in [-0.3, -0.25) is 9.59 Å². The molecule has 3 atom stereocenters. The second-order valence-electron chi connectivity index (χ2n) is 7.45. The Hall–Kier alpha value is -2.18. The number of allylic oxidation sites excluding steroid dienone is 1. The van der Waals surface area contributed by atoms with Crippen LogP contribution >= 0.6 is 0 Å². The van der Waals surface area contributed by atoms with Gasteiger partial charge in [0.1, 0.15) is 0 Å². The summed E-state index contributed by atoms with van der Waals surface area (Å²) in [5.41, 5.74) is 2.19. The van der Waals surface area contributed by atoms with Crippen molar-refractivity contribution in [2.24, 2.45) is 0 Å². The van der Waals surface area contributed by atoms with Crippen LogP contribution in [-0.2, 0) is 9.59 Å². The summed E-state index contributed by atoms with van der Waals surface area (Å²) in [6.07, 6.45) is 4.02. The molecule has 148 valence electrons. The Bertz CT molecular complexity index is 684. The van der Waals surface area contributed by atoms with Crippen molar-refractivity contribution in [3.63, 3.8) is 0 Å². The number of rotatable bonds is 7. The standard InChI is InChI=1S/C21H31N3O3/c1-6-7-16-8-10-17(11-9-16)21-18(24(15(2)26)19(21)14-25)12-23(5)20(27)13-22(3)4/h6-11,18-19,21,25H,12-14H2,1-5H3/b7-6+/t18-,19+,21-/m1/s1. The van der Waals surface area contributed by atoms with Crippen molar-refractivity contribution in [1.82, 2.24) is 14.7 Å². The van der Waals surface area contributed by atoms with Gasteiger partial charge in [0.2, 0.25) is 11.8 Å². The summed E-state index contributed by atoms with van der Waals surface area (Å²) in [5.74, 6) is -0.0550. The largest absolute Gasteiger partial charge is 0.394 e. The molecule has 2 rings (SSSR count). The highest BCUT2D eigenvalue weighted by atomic mass is 16.3. The molecule has 2 amide bonds. The fourth-order valence-corrected chi connectivity index (χ4v) is 3.86. The van der Waals surface area contributed by atoms with E-state index in [4.69, 9.17) is 0 Å². The number of hydrogen-bond donors (Lipinski definition) is 1. The van der Waals surface area contributed by atoms with E-state index in [1.54, 1.807) is 16.8 Å². The van der Waals surface area contributed by atoms with Crippen LogP contribution in [0.2, 0.25) is 0 Å². The molecule has 0 saturated carbocycles. The van der Waals surface area contributed by atoms with Gasteiger partial charge in [0.15, 0.2) is 0 Å². The zero-order chi connectivity index (χ0) is 20.1. The molecule has 1 N–H and O–H groups in total. The van der Waals surface area contributed by atoms with Crippen LogP contribution in [0.15, 0.2) is 30.3 Å². The second-order valence-corrected chi connectivity index (χ2v) is 7.45. The van der Waals surface area contributed by atoms with Crippen LogP contribution in [0.4, 0.5) is 0 Å². The van der Waals surface area contributed by atoms with Crippen molar-refractivity contribution < 1.29 is 14.7 Å². The molecule has 6 heteroatoms. The molecule has 0 radical (unpaired) electrons. The minimum atomic E-state index is -0.252. The quantitative estimate of drug-likeness (QED) is 0.785. The van der Waals surface area contributed by atoms with E-state index in [9.17, 15) is 14.7 Å². The van der Waals surface area contributed by atoms with Gasteiger partial charge in [-0.15, -0.1) is 0 Å². The van der Waals surface area contributed by atoms with Crippen molar-refractivity contribution in [3.8, 4) is 0 Å². The lowest BCUT2D eigenvalue weighted by atomic mass is 9.74. The minimum absolute atomic E-state index is 0.00756. The molecule has 1 aromatic rings. The number of aliphatic hydroxyl groups is 1. The van der Waals surface area contributed by atoms with Gasteiger partial charge in [-0.1, -0.05) is 36.4 Å². The van der Waals surface area contributed by atoms with E-state index in [2.05, 4.69) is 12.1 Å². The maximum Gasteiger partial charge on any atom is 0.236 e. The highest BCUT2D eigenvalue weighted by Gasteiger charge is 2.50. The first-order valence-corrected chi connectivity index (χ1v) is 9.31. The van der Waals surface area contributed by atoms with Crippen LogP contribution in [-0.4, -0.2) is 84.5 Å². The van der Waals surface area contributed by atoms with Crippen molar-refractivity contribution >= 4 is 17.9 Å². The van der Waals surface area contributed by atoms with E-state index in [1.165, 1.54) is 6.92 Å². The Morgan fingerprint density at radius 2 is 1.78 bits per heavy atom. The number of likely N-dealkylation sites (tertiary alicyclic amines) is 1. The third-order valence-corrected chi connectivity index (χ3v) is 5.11. The van der Waals surface area contributed by atoms with Gasteiger partial charge in [0.05, 0.1) is 25.2 Å². The summed E-state index contributed by atoms with van der Waals surface area (Å²) in [5, 5.41) is 9.86. The Labute approximate surface area is 162 Å². The molecule has 1 aromatic carbocycles. The number of carbonyl (C=O) groups excluding carboxylic acids is 2. The predicted octanol–water partition coefficient (Wildman–Crippen LogP) is 1.41. The molecule has 1 aliphatic heterocycles. The third-order valence-electron chi connectivity index (χ3n) is 5.11. The lowest BCUT2D eigenvalue weighted by Crippen LogP contribution is -2.68. The number of aliphatic hydroxyl groups excluding tert-OH is 1. The topological polar surface area (TPSA) is 64.1 Å². The summed E-state index contributed by atoms with van der Waals surface area (Å²) >= 11 is 0. The number of nitrogens with zero attached hydrogens (tertiary/aromatic N) is 3. The van der Waals surface area contributed by atoms with E-state index in [0.29, 0.717) is 13.1 Å². The van der Waals surface area contributed by atoms with Crippen LogP contribution in [0.3, 0.4) is 0 Å². The maximum atomic E-state index is 12.3. The molecule has 1 saturated heterocycles. The first-order valence-electron chi connectivity index (χ1n) is 9.31. The first kappa shape index (κ1) is 21.1. The molecule has 0 aromatic heterocycles. The lowest BCUT2D eigenvalue weighted by molar-refractivity contribution is -0.152. The summed E-state index contributed by atoms with van der Waals surface area (Å²) in [7, 11) is 5.48. The van der Waals surface area contributed by atoms with Crippen molar-refractivity contribution in [1.29, 1.82) is 0 Å². The van der Waals surface area contributed by atoms with Crippen LogP contribution in [0, 0.1) is 0 Å². The number of likely N-dealkylation sites (N-methyl/N-ethyl adjacent to an activating group) is 2. The molecule has 0 unspecified atom stereocenters. The second kappa shape index (κ2) is 9.15. The highest BCUT2D eigenvalue weighted by Crippen LogP contribution is 2.41. The van der Waals surface area contributed by atoms with Crippen LogP contribution < -0.4 is 0 Å². The molecule has 1 heterocycles. The summed E-state index contributed by atoms with van der Waals surface area (Å²) in [6.45, 7) is 4.18. The highest BCUT2D eigenvalue weighted by molar-refractivity contribution is 5.79. The van der Waals surface area contributed by atoms with Gasteiger partial charge in [-0.05, 0) is 32.1 Å². The maximum absolute atomic E-state index is 12.3. The average Bonchev–Trinajstić information content (AvgIpc) is 2.58. The molecule has 6 nitrogen and oxygen atoms in total.